The van der Waals surface area contributed by atoms with E-state index in [-0.39, 0.29) is 0 Å². The van der Waals surface area contributed by atoms with Crippen molar-refractivity contribution in [3.8, 4) is 0 Å². The number of halogens is 1. The van der Waals surface area contributed by atoms with Gasteiger partial charge in [0.15, 0.2) is 5.16 Å². The number of nitrogens with two attached hydrogens (primary N) is 1. The van der Waals surface area contributed by atoms with E-state index in [1.165, 1.54) is 11.8 Å². The van der Waals surface area contributed by atoms with E-state index in [1.807, 2.05) is 29.9 Å². The zero-order valence-electron chi connectivity index (χ0n) is 8.14. The predicted octanol–water partition coefficient (Wildman–Crippen LogP) is 2.81. The molecule has 0 bridgehead atoms. The normalized spacial score (nSPS) is 10.5. The van der Waals surface area contributed by atoms with Gasteiger partial charge in [0.05, 0.1) is 10.7 Å². The zero-order valence-corrected chi connectivity index (χ0v) is 9.72. The van der Waals surface area contributed by atoms with Gasteiger partial charge in [0.1, 0.15) is 0 Å². The van der Waals surface area contributed by atoms with E-state index < -0.39 is 0 Å². The quantitative estimate of drug-likeness (QED) is 0.820. The number of aromatic nitrogens is 2. The highest BCUT2D eigenvalue weighted by Crippen LogP contribution is 2.34. The van der Waals surface area contributed by atoms with Gasteiger partial charge in [0, 0.05) is 24.3 Å². The SMILES string of the molecule is Cn1ccnc1Sc1cccc(Cl)c1N. The van der Waals surface area contributed by atoms with Crippen molar-refractivity contribution in [2.24, 2.45) is 7.05 Å². The Kier molecular flexibility index (Phi) is 2.88. The molecule has 0 aliphatic carbocycles. The summed E-state index contributed by atoms with van der Waals surface area (Å²) in [5.41, 5.74) is 6.46. The number of para-hydroxylation sites is 1. The molecule has 0 aliphatic rings. The van der Waals surface area contributed by atoms with Crippen LogP contribution in [0.25, 0.3) is 0 Å². The molecule has 0 unspecified atom stereocenters. The van der Waals surface area contributed by atoms with Gasteiger partial charge in [-0.1, -0.05) is 17.7 Å². The van der Waals surface area contributed by atoms with Crippen LogP contribution in [0.5, 0.6) is 0 Å². The minimum atomic E-state index is 0.578. The van der Waals surface area contributed by atoms with Crippen LogP contribution in [-0.2, 0) is 7.05 Å². The number of hydrogen-bond acceptors (Lipinski definition) is 3. The molecule has 0 atom stereocenters. The maximum atomic E-state index is 5.93. The van der Waals surface area contributed by atoms with E-state index in [9.17, 15) is 0 Å². The Morgan fingerprint density at radius 3 is 2.93 bits per heavy atom. The average Bonchev–Trinajstić information content (AvgIpc) is 2.60. The Morgan fingerprint density at radius 2 is 2.27 bits per heavy atom. The Balaban J connectivity index is 2.33. The molecule has 2 aromatic rings. The summed E-state index contributed by atoms with van der Waals surface area (Å²) < 4.78 is 1.94. The molecule has 78 valence electrons. The topological polar surface area (TPSA) is 43.8 Å². The van der Waals surface area contributed by atoms with E-state index in [4.69, 9.17) is 17.3 Å². The summed E-state index contributed by atoms with van der Waals surface area (Å²) in [5, 5.41) is 1.47. The van der Waals surface area contributed by atoms with E-state index in [0.717, 1.165) is 10.1 Å². The van der Waals surface area contributed by atoms with Gasteiger partial charge >= 0.3 is 0 Å². The van der Waals surface area contributed by atoms with Crippen LogP contribution >= 0.6 is 23.4 Å². The molecule has 1 heterocycles. The molecule has 0 saturated carbocycles. The van der Waals surface area contributed by atoms with Crippen molar-refractivity contribution < 1.29 is 0 Å². The molecule has 2 N–H and O–H groups in total. The van der Waals surface area contributed by atoms with Crippen molar-refractivity contribution >= 4 is 29.1 Å². The molecule has 0 saturated heterocycles. The second kappa shape index (κ2) is 4.16. The van der Waals surface area contributed by atoms with Gasteiger partial charge in [-0.3, -0.25) is 0 Å². The Morgan fingerprint density at radius 1 is 1.47 bits per heavy atom. The lowest BCUT2D eigenvalue weighted by molar-refractivity contribution is 0.790. The van der Waals surface area contributed by atoms with Crippen LogP contribution in [0.1, 0.15) is 0 Å². The van der Waals surface area contributed by atoms with Crippen molar-refractivity contribution in [2.45, 2.75) is 10.1 Å². The first-order valence-corrected chi connectivity index (χ1v) is 5.57. The third-order valence-electron chi connectivity index (χ3n) is 1.99. The number of hydrogen-bond donors (Lipinski definition) is 1. The lowest BCUT2D eigenvalue weighted by Crippen LogP contribution is -1.92. The molecule has 0 amide bonds. The number of anilines is 1. The van der Waals surface area contributed by atoms with E-state index in [1.54, 1.807) is 12.3 Å². The highest BCUT2D eigenvalue weighted by Gasteiger charge is 2.07. The van der Waals surface area contributed by atoms with Gasteiger partial charge in [-0.15, -0.1) is 0 Å². The summed E-state index contributed by atoms with van der Waals surface area (Å²) in [6.45, 7) is 0. The number of rotatable bonds is 2. The molecule has 3 nitrogen and oxygen atoms in total. The monoisotopic (exact) mass is 239 g/mol. The van der Waals surface area contributed by atoms with Crippen molar-refractivity contribution in [1.29, 1.82) is 0 Å². The largest absolute Gasteiger partial charge is 0.397 e. The second-order valence-electron chi connectivity index (χ2n) is 3.07. The molecular formula is C10H10ClN3S. The first-order valence-electron chi connectivity index (χ1n) is 4.37. The molecule has 1 aromatic carbocycles. The summed E-state index contributed by atoms with van der Waals surface area (Å²) in [6, 6.07) is 5.59. The van der Waals surface area contributed by atoms with Gasteiger partial charge in [0.2, 0.25) is 0 Å². The fraction of sp³-hybridized carbons (Fsp3) is 0.100. The third-order valence-corrected chi connectivity index (χ3v) is 3.47. The molecule has 15 heavy (non-hydrogen) atoms. The van der Waals surface area contributed by atoms with Crippen LogP contribution in [0.2, 0.25) is 5.02 Å². The van der Waals surface area contributed by atoms with E-state index >= 15 is 0 Å². The molecule has 5 heteroatoms. The summed E-state index contributed by atoms with van der Waals surface area (Å²) in [6.07, 6.45) is 3.64. The molecule has 0 fully saturated rings. The van der Waals surface area contributed by atoms with Crippen LogP contribution < -0.4 is 5.73 Å². The number of imidazole rings is 1. The van der Waals surface area contributed by atoms with Gasteiger partial charge < -0.3 is 10.3 Å². The first kappa shape index (κ1) is 10.4. The minimum absolute atomic E-state index is 0.578. The molecule has 0 spiro atoms. The van der Waals surface area contributed by atoms with Crippen LogP contribution in [0, 0.1) is 0 Å². The Labute approximate surface area is 97.3 Å². The number of aryl methyl sites for hydroxylation is 1. The summed E-state index contributed by atoms with van der Waals surface area (Å²) in [5.74, 6) is 0. The maximum absolute atomic E-state index is 5.93. The van der Waals surface area contributed by atoms with Gasteiger partial charge in [-0.2, -0.15) is 0 Å². The van der Waals surface area contributed by atoms with Crippen molar-refractivity contribution in [3.63, 3.8) is 0 Å². The highest BCUT2D eigenvalue weighted by atomic mass is 35.5. The fourth-order valence-electron chi connectivity index (χ4n) is 1.15. The van der Waals surface area contributed by atoms with E-state index in [0.29, 0.717) is 10.7 Å². The lowest BCUT2D eigenvalue weighted by atomic mass is 10.3. The van der Waals surface area contributed by atoms with Crippen LogP contribution in [0.15, 0.2) is 40.6 Å². The predicted molar refractivity (Wildman–Crippen MR) is 63.2 cm³/mol. The van der Waals surface area contributed by atoms with Crippen LogP contribution in [0.3, 0.4) is 0 Å². The first-order chi connectivity index (χ1) is 7.18. The summed E-state index contributed by atoms with van der Waals surface area (Å²) >= 11 is 7.43. The molecule has 0 aliphatic heterocycles. The van der Waals surface area contributed by atoms with Crippen LogP contribution in [0.4, 0.5) is 5.69 Å². The summed E-state index contributed by atoms with van der Waals surface area (Å²) in [4.78, 5) is 5.14. The Hall–Kier alpha value is -1.13. The molecule has 1 aromatic heterocycles. The van der Waals surface area contributed by atoms with Crippen molar-refractivity contribution in [2.75, 3.05) is 5.73 Å². The molecule has 0 radical (unpaired) electrons. The van der Waals surface area contributed by atoms with Crippen LogP contribution in [-0.4, -0.2) is 9.55 Å². The number of nitrogen functional groups attached to an aromatic ring is 1. The van der Waals surface area contributed by atoms with Crippen molar-refractivity contribution in [3.05, 3.63) is 35.6 Å². The Bertz CT molecular complexity index is 481. The number of benzene rings is 1. The average molecular weight is 240 g/mol. The van der Waals surface area contributed by atoms with Crippen molar-refractivity contribution in [1.82, 2.24) is 9.55 Å². The van der Waals surface area contributed by atoms with E-state index in [2.05, 4.69) is 4.98 Å². The number of nitrogens with zero attached hydrogens (tertiary/aromatic N) is 2. The standard InChI is InChI=1S/C10H10ClN3S/c1-14-6-5-13-10(14)15-8-4-2-3-7(11)9(8)12/h2-6H,12H2,1H3. The van der Waals surface area contributed by atoms with Gasteiger partial charge in [-0.25, -0.2) is 4.98 Å². The fourth-order valence-corrected chi connectivity index (χ4v) is 2.27. The molecule has 2 rings (SSSR count). The second-order valence-corrected chi connectivity index (χ2v) is 4.49. The smallest absolute Gasteiger partial charge is 0.172 e. The molecular weight excluding hydrogens is 230 g/mol. The zero-order chi connectivity index (χ0) is 10.8. The minimum Gasteiger partial charge on any atom is -0.397 e. The van der Waals surface area contributed by atoms with Gasteiger partial charge in [0.25, 0.3) is 0 Å². The van der Waals surface area contributed by atoms with Gasteiger partial charge in [-0.05, 0) is 23.9 Å². The summed E-state index contributed by atoms with van der Waals surface area (Å²) in [7, 11) is 1.94. The third kappa shape index (κ3) is 2.11. The maximum Gasteiger partial charge on any atom is 0.172 e. The highest BCUT2D eigenvalue weighted by molar-refractivity contribution is 7.99. The lowest BCUT2D eigenvalue weighted by Gasteiger charge is -2.06.